The van der Waals surface area contributed by atoms with Crippen molar-refractivity contribution in [1.29, 1.82) is 0 Å². The number of nitrogens with one attached hydrogen (secondary N) is 1. The van der Waals surface area contributed by atoms with Crippen molar-refractivity contribution in [2.24, 2.45) is 5.92 Å². The Kier molecular flexibility index (Phi) is 8.04. The van der Waals surface area contributed by atoms with Gasteiger partial charge in [-0.05, 0) is 82.3 Å². The van der Waals surface area contributed by atoms with Crippen LogP contribution in [0.5, 0.6) is 0 Å². The zero-order valence-corrected chi connectivity index (χ0v) is 24.6. The Bertz CT molecular complexity index is 1500. The van der Waals surface area contributed by atoms with Crippen molar-refractivity contribution in [2.45, 2.75) is 63.6 Å². The van der Waals surface area contributed by atoms with Gasteiger partial charge in [-0.2, -0.15) is 0 Å². The average molecular weight is 559 g/mol. The third kappa shape index (κ3) is 5.86. The number of benzene rings is 3. The van der Waals surface area contributed by atoms with Gasteiger partial charge < -0.3 is 10.2 Å². The van der Waals surface area contributed by atoms with Gasteiger partial charge in [-0.1, -0.05) is 85.3 Å². The van der Waals surface area contributed by atoms with E-state index in [1.807, 2.05) is 30.3 Å². The molecule has 1 amide bonds. The van der Waals surface area contributed by atoms with Crippen molar-refractivity contribution < 1.29 is 4.79 Å². The minimum Gasteiger partial charge on any atom is -0.345 e. The first kappa shape index (κ1) is 27.3. The summed E-state index contributed by atoms with van der Waals surface area (Å²) in [5.41, 5.74) is 5.90. The highest BCUT2D eigenvalue weighted by molar-refractivity contribution is 6.09. The highest BCUT2D eigenvalue weighted by Gasteiger charge is 2.35. The smallest absolute Gasteiger partial charge is 0.252 e. The highest BCUT2D eigenvalue weighted by atomic mass is 16.1. The lowest BCUT2D eigenvalue weighted by Gasteiger charge is -2.40. The maximum absolute atomic E-state index is 14.5. The number of likely N-dealkylation sites (tertiary alicyclic amines) is 2. The Balaban J connectivity index is 1.25. The number of nitrogens with zero attached hydrogens (tertiary/aromatic N) is 3. The molecule has 7 rings (SSSR count). The average Bonchev–Trinajstić information content (AvgIpc) is 3.90. The third-order valence-corrected chi connectivity index (χ3v) is 9.65. The molecule has 1 atom stereocenters. The molecule has 1 aliphatic carbocycles. The van der Waals surface area contributed by atoms with Crippen LogP contribution in [0.25, 0.3) is 22.2 Å². The van der Waals surface area contributed by atoms with Crippen LogP contribution in [0, 0.1) is 5.92 Å². The monoisotopic (exact) mass is 558 g/mol. The number of pyridine rings is 1. The summed E-state index contributed by atoms with van der Waals surface area (Å²) >= 11 is 0. The van der Waals surface area contributed by atoms with Gasteiger partial charge in [0.2, 0.25) is 0 Å². The topological polar surface area (TPSA) is 48.5 Å². The second-order valence-electron chi connectivity index (χ2n) is 12.5. The summed E-state index contributed by atoms with van der Waals surface area (Å²) in [5.74, 6) is 0.514. The summed E-state index contributed by atoms with van der Waals surface area (Å²) in [7, 11) is 0. The number of para-hydroxylation sites is 1. The van der Waals surface area contributed by atoms with E-state index in [0.29, 0.717) is 12.0 Å². The highest BCUT2D eigenvalue weighted by Crippen LogP contribution is 2.41. The molecule has 3 fully saturated rings. The van der Waals surface area contributed by atoms with Crippen molar-refractivity contribution in [2.75, 3.05) is 26.2 Å². The lowest BCUT2D eigenvalue weighted by atomic mass is 9.93. The number of carbonyl (C=O) groups excluding carboxylic acids is 1. The molecular weight excluding hydrogens is 516 g/mol. The van der Waals surface area contributed by atoms with Crippen molar-refractivity contribution in [1.82, 2.24) is 20.1 Å². The molecule has 2 aliphatic heterocycles. The Morgan fingerprint density at radius 1 is 0.786 bits per heavy atom. The first-order valence-electron chi connectivity index (χ1n) is 16.0. The SMILES string of the molecule is O=C(N[C@@H](c1ccccc1)C1CC1)c1c(CN2CCC(N3CCCCC3)CC2)c(-c2ccccc2)nc2ccccc12. The van der Waals surface area contributed by atoms with Crippen LogP contribution in [0.3, 0.4) is 0 Å². The lowest BCUT2D eigenvalue weighted by molar-refractivity contribution is 0.0882. The minimum atomic E-state index is 0.0183. The number of rotatable bonds is 8. The van der Waals surface area contributed by atoms with Gasteiger partial charge in [0.1, 0.15) is 0 Å². The van der Waals surface area contributed by atoms with E-state index in [9.17, 15) is 4.79 Å². The first-order valence-corrected chi connectivity index (χ1v) is 16.0. The quantitative estimate of drug-likeness (QED) is 0.248. The molecule has 0 bridgehead atoms. The Labute approximate surface area is 249 Å². The molecule has 0 unspecified atom stereocenters. The van der Waals surface area contributed by atoms with E-state index in [0.717, 1.165) is 65.8 Å². The van der Waals surface area contributed by atoms with E-state index in [4.69, 9.17) is 4.98 Å². The van der Waals surface area contributed by atoms with Crippen LogP contribution in [0.4, 0.5) is 0 Å². The summed E-state index contributed by atoms with van der Waals surface area (Å²) < 4.78 is 0. The molecule has 216 valence electrons. The number of carbonyl (C=O) groups is 1. The molecule has 5 heteroatoms. The number of amides is 1. The number of hydrogen-bond donors (Lipinski definition) is 1. The normalized spacial score (nSPS) is 19.5. The second kappa shape index (κ2) is 12.4. The Morgan fingerprint density at radius 2 is 1.45 bits per heavy atom. The van der Waals surface area contributed by atoms with E-state index in [2.05, 4.69) is 69.7 Å². The number of piperidine rings is 2. The van der Waals surface area contributed by atoms with Crippen LogP contribution in [-0.2, 0) is 6.54 Å². The van der Waals surface area contributed by atoms with E-state index in [1.54, 1.807) is 0 Å². The van der Waals surface area contributed by atoms with Gasteiger partial charge in [0.25, 0.3) is 5.91 Å². The van der Waals surface area contributed by atoms with Crippen LogP contribution in [0.1, 0.15) is 72.5 Å². The summed E-state index contributed by atoms with van der Waals surface area (Å²) in [4.78, 5) is 25.0. The Hall–Kier alpha value is -3.54. The fraction of sp³-hybridized carbons (Fsp3) is 0.405. The minimum absolute atomic E-state index is 0.0183. The molecule has 4 aromatic rings. The zero-order chi connectivity index (χ0) is 28.3. The Morgan fingerprint density at radius 3 is 2.17 bits per heavy atom. The largest absolute Gasteiger partial charge is 0.345 e. The van der Waals surface area contributed by atoms with Gasteiger partial charge in [-0.25, -0.2) is 4.98 Å². The van der Waals surface area contributed by atoms with Crippen LogP contribution in [-0.4, -0.2) is 52.9 Å². The third-order valence-electron chi connectivity index (χ3n) is 9.65. The van der Waals surface area contributed by atoms with Crippen molar-refractivity contribution >= 4 is 16.8 Å². The predicted octanol–water partition coefficient (Wildman–Crippen LogP) is 7.23. The van der Waals surface area contributed by atoms with E-state index < -0.39 is 0 Å². The molecule has 42 heavy (non-hydrogen) atoms. The number of aromatic nitrogens is 1. The molecule has 2 saturated heterocycles. The molecule has 0 radical (unpaired) electrons. The van der Waals surface area contributed by atoms with Crippen LogP contribution < -0.4 is 5.32 Å². The number of fused-ring (bicyclic) bond motifs is 1. The second-order valence-corrected chi connectivity index (χ2v) is 12.5. The van der Waals surface area contributed by atoms with Gasteiger partial charge in [0, 0.05) is 29.1 Å². The summed E-state index contributed by atoms with van der Waals surface area (Å²) in [6, 6.07) is 29.8. The van der Waals surface area contributed by atoms with Gasteiger partial charge in [0.05, 0.1) is 22.8 Å². The van der Waals surface area contributed by atoms with E-state index in [-0.39, 0.29) is 11.9 Å². The zero-order valence-electron chi connectivity index (χ0n) is 24.6. The van der Waals surface area contributed by atoms with Crippen molar-refractivity contribution in [3.05, 3.63) is 102 Å². The van der Waals surface area contributed by atoms with E-state index in [1.165, 1.54) is 50.8 Å². The molecule has 3 heterocycles. The van der Waals surface area contributed by atoms with Gasteiger partial charge in [0.15, 0.2) is 0 Å². The molecule has 1 N–H and O–H groups in total. The van der Waals surface area contributed by atoms with E-state index >= 15 is 0 Å². The summed E-state index contributed by atoms with van der Waals surface area (Å²) in [6.45, 7) is 5.35. The molecule has 3 aliphatic rings. The standard InChI is InChI=1S/C37H42N4O/c42-37(39-35(29-18-19-29)27-12-4-1-5-13-27)34-31-16-8-9-17-33(31)38-36(28-14-6-2-7-15-28)32(34)26-40-24-20-30(21-25-40)41-22-10-3-11-23-41/h1-2,4-9,12-17,29-30,35H,3,10-11,18-26H2,(H,39,42)/t35-/m0/s1. The number of hydrogen-bond acceptors (Lipinski definition) is 4. The molecule has 3 aromatic carbocycles. The summed E-state index contributed by atoms with van der Waals surface area (Å²) in [5, 5.41) is 4.46. The van der Waals surface area contributed by atoms with Crippen LogP contribution in [0.15, 0.2) is 84.9 Å². The van der Waals surface area contributed by atoms with Gasteiger partial charge in [-0.3, -0.25) is 9.69 Å². The van der Waals surface area contributed by atoms with Gasteiger partial charge in [-0.15, -0.1) is 0 Å². The van der Waals surface area contributed by atoms with Crippen LogP contribution >= 0.6 is 0 Å². The van der Waals surface area contributed by atoms with Crippen LogP contribution in [0.2, 0.25) is 0 Å². The molecular formula is C37H42N4O. The fourth-order valence-electron chi connectivity index (χ4n) is 7.23. The first-order chi connectivity index (χ1) is 20.7. The van der Waals surface area contributed by atoms with Crippen molar-refractivity contribution in [3.63, 3.8) is 0 Å². The van der Waals surface area contributed by atoms with Crippen molar-refractivity contribution in [3.8, 4) is 11.3 Å². The molecule has 5 nitrogen and oxygen atoms in total. The maximum Gasteiger partial charge on any atom is 0.252 e. The fourth-order valence-corrected chi connectivity index (χ4v) is 7.23. The maximum atomic E-state index is 14.5. The molecule has 1 saturated carbocycles. The predicted molar refractivity (Wildman–Crippen MR) is 170 cm³/mol. The van der Waals surface area contributed by atoms with Gasteiger partial charge >= 0.3 is 0 Å². The molecule has 1 aromatic heterocycles. The molecule has 0 spiro atoms. The lowest BCUT2D eigenvalue weighted by Crippen LogP contribution is -2.46. The summed E-state index contributed by atoms with van der Waals surface area (Å²) in [6.07, 6.45) is 8.76.